The molecule has 9 rings (SSSR count). The molecule has 9 aromatic rings. The van der Waals surface area contributed by atoms with E-state index in [9.17, 15) is 0 Å². The van der Waals surface area contributed by atoms with E-state index in [1.807, 2.05) is 11.3 Å². The minimum Gasteiger partial charge on any atom is -0.455 e. The molecule has 2 aromatic heterocycles. The highest BCUT2D eigenvalue weighted by molar-refractivity contribution is 7.26. The zero-order valence-electron chi connectivity index (χ0n) is 23.2. The van der Waals surface area contributed by atoms with Crippen molar-refractivity contribution < 1.29 is 4.42 Å². The van der Waals surface area contributed by atoms with Gasteiger partial charge in [0.1, 0.15) is 11.2 Å². The normalized spacial score (nSPS) is 11.7. The third kappa shape index (κ3) is 3.79. The lowest BCUT2D eigenvalue weighted by Crippen LogP contribution is -2.09. The summed E-state index contributed by atoms with van der Waals surface area (Å²) in [6, 6.07) is 54.1. The van der Waals surface area contributed by atoms with Crippen molar-refractivity contribution in [3.05, 3.63) is 152 Å². The van der Waals surface area contributed by atoms with Gasteiger partial charge < -0.3 is 9.32 Å². The lowest BCUT2D eigenvalue weighted by atomic mass is 10.0. The van der Waals surface area contributed by atoms with Gasteiger partial charge in [-0.3, -0.25) is 0 Å². The maximum atomic E-state index is 6.66. The van der Waals surface area contributed by atoms with Gasteiger partial charge in [-0.2, -0.15) is 0 Å². The minimum atomic E-state index is 0.932. The second-order valence-corrected chi connectivity index (χ2v) is 12.0. The monoisotopic (exact) mass is 567 g/mol. The van der Waals surface area contributed by atoms with Crippen molar-refractivity contribution in [2.24, 2.45) is 0 Å². The predicted octanol–water partition coefficient (Wildman–Crippen LogP) is 12.2. The van der Waals surface area contributed by atoms with Crippen molar-refractivity contribution in [2.45, 2.75) is 0 Å². The van der Waals surface area contributed by atoms with Crippen molar-refractivity contribution in [1.29, 1.82) is 0 Å². The van der Waals surface area contributed by atoms with Crippen molar-refractivity contribution in [3.8, 4) is 11.1 Å². The number of hydrogen-bond donors (Lipinski definition) is 0. The first-order chi connectivity index (χ1) is 21.3. The third-order valence-corrected chi connectivity index (χ3v) is 9.65. The molecule has 0 aliphatic rings. The molecule has 2 nitrogen and oxygen atoms in total. The summed E-state index contributed by atoms with van der Waals surface area (Å²) < 4.78 is 9.13. The molecule has 0 saturated heterocycles. The van der Waals surface area contributed by atoms with E-state index in [2.05, 4.69) is 157 Å². The first-order valence-corrected chi connectivity index (χ1v) is 15.3. The van der Waals surface area contributed by atoms with E-state index < -0.39 is 0 Å². The lowest BCUT2D eigenvalue weighted by Gasteiger charge is -2.26. The number of thiophene rings is 1. The summed E-state index contributed by atoms with van der Waals surface area (Å²) in [7, 11) is 0. The second-order valence-electron chi connectivity index (χ2n) is 10.9. The Kier molecular flexibility index (Phi) is 5.40. The zero-order chi connectivity index (χ0) is 28.3. The van der Waals surface area contributed by atoms with E-state index >= 15 is 0 Å². The highest BCUT2D eigenvalue weighted by Crippen LogP contribution is 2.48. The SMILES string of the molecule is c1ccc(-c2ccc(N(c3ccccc3)c3cccc4c3sc3ccc5c(oc6ccc7ccccc7c65)c34)cc2)cc1. The van der Waals surface area contributed by atoms with E-state index in [0.717, 1.165) is 28.2 Å². The Bertz CT molecular complexity index is 2440. The van der Waals surface area contributed by atoms with Gasteiger partial charge in [0.15, 0.2) is 0 Å². The van der Waals surface area contributed by atoms with Gasteiger partial charge in [-0.05, 0) is 70.4 Å². The molecular weight excluding hydrogens is 543 g/mol. The fourth-order valence-corrected chi connectivity index (χ4v) is 7.69. The number of anilines is 3. The average Bonchev–Trinajstić information content (AvgIpc) is 3.65. The van der Waals surface area contributed by atoms with Gasteiger partial charge in [0, 0.05) is 37.6 Å². The van der Waals surface area contributed by atoms with Crippen molar-refractivity contribution >= 4 is 81.3 Å². The van der Waals surface area contributed by atoms with E-state index in [1.54, 1.807) is 0 Å². The Morgan fingerprint density at radius 3 is 2.00 bits per heavy atom. The molecule has 0 unspecified atom stereocenters. The molecule has 0 saturated carbocycles. The number of para-hydroxylation sites is 1. The highest BCUT2D eigenvalue weighted by atomic mass is 32.1. The summed E-state index contributed by atoms with van der Waals surface area (Å²) in [5, 5.41) is 7.22. The molecule has 0 aliphatic carbocycles. The smallest absolute Gasteiger partial charge is 0.144 e. The Labute approximate surface area is 252 Å². The molecule has 202 valence electrons. The van der Waals surface area contributed by atoms with Gasteiger partial charge in [0.05, 0.1) is 10.4 Å². The van der Waals surface area contributed by atoms with Crippen LogP contribution in [-0.4, -0.2) is 0 Å². The first kappa shape index (κ1) is 24.2. The molecule has 0 N–H and O–H groups in total. The molecule has 0 bridgehead atoms. The maximum absolute atomic E-state index is 6.66. The average molecular weight is 568 g/mol. The summed E-state index contributed by atoms with van der Waals surface area (Å²) in [5.74, 6) is 0. The number of hydrogen-bond acceptors (Lipinski definition) is 3. The summed E-state index contributed by atoms with van der Waals surface area (Å²) in [5.41, 5.74) is 7.72. The van der Waals surface area contributed by atoms with Gasteiger partial charge in [0.2, 0.25) is 0 Å². The number of benzene rings is 7. The maximum Gasteiger partial charge on any atom is 0.144 e. The van der Waals surface area contributed by atoms with E-state index in [1.165, 1.54) is 52.8 Å². The zero-order valence-corrected chi connectivity index (χ0v) is 24.0. The van der Waals surface area contributed by atoms with Crippen molar-refractivity contribution in [2.75, 3.05) is 4.90 Å². The van der Waals surface area contributed by atoms with Crippen LogP contribution in [0.15, 0.2) is 156 Å². The van der Waals surface area contributed by atoms with Crippen molar-refractivity contribution in [1.82, 2.24) is 0 Å². The third-order valence-electron chi connectivity index (χ3n) is 8.46. The van der Waals surface area contributed by atoms with Crippen LogP contribution in [0.1, 0.15) is 0 Å². The van der Waals surface area contributed by atoms with Crippen LogP contribution in [0.3, 0.4) is 0 Å². The van der Waals surface area contributed by atoms with Crippen LogP contribution in [0.25, 0.3) is 64.0 Å². The molecule has 0 aliphatic heterocycles. The fourth-order valence-electron chi connectivity index (χ4n) is 6.48. The fraction of sp³-hybridized carbons (Fsp3) is 0. The van der Waals surface area contributed by atoms with E-state index in [4.69, 9.17) is 4.42 Å². The van der Waals surface area contributed by atoms with Gasteiger partial charge in [-0.1, -0.05) is 103 Å². The van der Waals surface area contributed by atoms with Crippen LogP contribution in [0, 0.1) is 0 Å². The van der Waals surface area contributed by atoms with Gasteiger partial charge in [-0.25, -0.2) is 0 Å². The van der Waals surface area contributed by atoms with Crippen LogP contribution in [0.2, 0.25) is 0 Å². The summed E-state index contributed by atoms with van der Waals surface area (Å²) in [4.78, 5) is 2.37. The number of furan rings is 1. The number of rotatable bonds is 4. The molecule has 0 amide bonds. The Balaban J connectivity index is 1.28. The predicted molar refractivity (Wildman–Crippen MR) is 184 cm³/mol. The molecule has 7 aromatic carbocycles. The topological polar surface area (TPSA) is 16.4 Å². The number of nitrogens with zero attached hydrogens (tertiary/aromatic N) is 1. The Hall–Kier alpha value is -5.38. The molecule has 0 fully saturated rings. The molecular formula is C40H25NOS. The summed E-state index contributed by atoms with van der Waals surface area (Å²) >= 11 is 1.83. The standard InChI is InChI=1S/C40H25NOS/c1-3-10-26(11-4-1)27-18-21-30(22-19-27)41(29-13-5-2-6-14-29)34-17-9-16-33-38-36(43-40(33)34)25-23-32-37-31-15-8-7-12-28(31)20-24-35(37)42-39(32)38/h1-25H. The lowest BCUT2D eigenvalue weighted by molar-refractivity contribution is 0.673. The van der Waals surface area contributed by atoms with Crippen LogP contribution >= 0.6 is 11.3 Å². The van der Waals surface area contributed by atoms with Gasteiger partial charge in [-0.15, -0.1) is 11.3 Å². The van der Waals surface area contributed by atoms with E-state index in [-0.39, 0.29) is 0 Å². The van der Waals surface area contributed by atoms with Crippen LogP contribution in [0.4, 0.5) is 17.1 Å². The Morgan fingerprint density at radius 2 is 1.16 bits per heavy atom. The Morgan fingerprint density at radius 1 is 0.465 bits per heavy atom. The van der Waals surface area contributed by atoms with Gasteiger partial charge in [0.25, 0.3) is 0 Å². The summed E-state index contributed by atoms with van der Waals surface area (Å²) in [6.07, 6.45) is 0. The van der Waals surface area contributed by atoms with Crippen LogP contribution in [0.5, 0.6) is 0 Å². The van der Waals surface area contributed by atoms with E-state index in [0.29, 0.717) is 0 Å². The molecule has 3 heteroatoms. The first-order valence-electron chi connectivity index (χ1n) is 14.5. The van der Waals surface area contributed by atoms with Gasteiger partial charge >= 0.3 is 0 Å². The molecule has 0 atom stereocenters. The molecule has 2 heterocycles. The minimum absolute atomic E-state index is 0.932. The van der Waals surface area contributed by atoms with Crippen LogP contribution < -0.4 is 4.90 Å². The largest absolute Gasteiger partial charge is 0.455 e. The highest BCUT2D eigenvalue weighted by Gasteiger charge is 2.21. The second kappa shape index (κ2) is 9.59. The number of fused-ring (bicyclic) bond motifs is 9. The van der Waals surface area contributed by atoms with Crippen LogP contribution in [-0.2, 0) is 0 Å². The summed E-state index contributed by atoms with van der Waals surface area (Å²) in [6.45, 7) is 0. The quantitative estimate of drug-likeness (QED) is 0.210. The van der Waals surface area contributed by atoms with Crippen molar-refractivity contribution in [3.63, 3.8) is 0 Å². The molecule has 0 radical (unpaired) electrons. The molecule has 43 heavy (non-hydrogen) atoms. The molecule has 0 spiro atoms.